The van der Waals surface area contributed by atoms with Gasteiger partial charge in [0.05, 0.1) is 12.2 Å². The first kappa shape index (κ1) is 19.1. The average molecular weight is 407 g/mol. The van der Waals surface area contributed by atoms with Gasteiger partial charge in [0.15, 0.2) is 5.65 Å². The van der Waals surface area contributed by atoms with Gasteiger partial charge in [-0.05, 0) is 61.7 Å². The van der Waals surface area contributed by atoms with Crippen LogP contribution in [0.4, 0.5) is 5.69 Å². The fourth-order valence-electron chi connectivity index (χ4n) is 3.41. The first-order chi connectivity index (χ1) is 13.8. The van der Waals surface area contributed by atoms with Crippen LogP contribution in [-0.2, 0) is 16.6 Å². The van der Waals surface area contributed by atoms with E-state index in [1.165, 1.54) is 10.6 Å². The highest BCUT2D eigenvalue weighted by molar-refractivity contribution is 7.93. The highest BCUT2D eigenvalue weighted by atomic mass is 32.2. The maximum atomic E-state index is 13.8. The molecule has 4 rings (SSSR count). The summed E-state index contributed by atoms with van der Waals surface area (Å²) in [5, 5.41) is 7.88. The third-order valence-electron chi connectivity index (χ3n) is 4.80. The van der Waals surface area contributed by atoms with Crippen LogP contribution in [0.15, 0.2) is 72.0 Å². The molecule has 2 aromatic carbocycles. The van der Waals surface area contributed by atoms with Gasteiger partial charge in [-0.3, -0.25) is 8.71 Å². The molecule has 0 aliphatic carbocycles. The Morgan fingerprint density at radius 3 is 2.31 bits per heavy atom. The van der Waals surface area contributed by atoms with Gasteiger partial charge >= 0.3 is 0 Å². The topological polar surface area (TPSA) is 67.6 Å². The number of hydrogen-bond acceptors (Lipinski definition) is 4. The summed E-state index contributed by atoms with van der Waals surface area (Å²) in [6.45, 7) is 6.16. The van der Waals surface area contributed by atoms with Crippen LogP contribution in [0.1, 0.15) is 22.3 Å². The Hall–Kier alpha value is -3.19. The molecule has 0 saturated heterocycles. The van der Waals surface area contributed by atoms with Crippen LogP contribution in [0.5, 0.6) is 0 Å². The third kappa shape index (κ3) is 3.73. The summed E-state index contributed by atoms with van der Waals surface area (Å²) in [6, 6.07) is 17.0. The zero-order chi connectivity index (χ0) is 20.6. The summed E-state index contributed by atoms with van der Waals surface area (Å²) in [7, 11) is -3.88. The summed E-state index contributed by atoms with van der Waals surface area (Å²) >= 11 is 0. The lowest BCUT2D eigenvalue weighted by molar-refractivity contribution is 0.590. The quantitative estimate of drug-likeness (QED) is 0.501. The summed E-state index contributed by atoms with van der Waals surface area (Å²) in [4.78, 5) is 0.128. The Morgan fingerprint density at radius 2 is 1.62 bits per heavy atom. The fraction of sp³-hybridized carbons (Fsp3) is 0.182. The maximum Gasteiger partial charge on any atom is 0.268 e. The lowest BCUT2D eigenvalue weighted by Gasteiger charge is -2.25. The molecule has 4 aromatic rings. The van der Waals surface area contributed by atoms with Crippen molar-refractivity contribution in [3.05, 3.63) is 89.4 Å². The van der Waals surface area contributed by atoms with Crippen LogP contribution in [-0.4, -0.2) is 23.0 Å². The van der Waals surface area contributed by atoms with Crippen LogP contribution in [0.25, 0.3) is 5.65 Å². The van der Waals surface area contributed by atoms with E-state index in [9.17, 15) is 8.42 Å². The predicted molar refractivity (Wildman–Crippen MR) is 113 cm³/mol. The van der Waals surface area contributed by atoms with E-state index < -0.39 is 10.0 Å². The van der Waals surface area contributed by atoms with E-state index in [4.69, 9.17) is 0 Å². The lowest BCUT2D eigenvalue weighted by Crippen LogP contribution is -2.31. The fourth-order valence-corrected chi connectivity index (χ4v) is 4.98. The van der Waals surface area contributed by atoms with Crippen molar-refractivity contribution < 1.29 is 8.42 Å². The number of aromatic nitrogens is 3. The Bertz CT molecular complexity index is 1260. The van der Waals surface area contributed by atoms with E-state index in [2.05, 4.69) is 10.2 Å². The molecule has 0 aliphatic rings. The molecule has 0 amide bonds. The van der Waals surface area contributed by atoms with Crippen LogP contribution in [0.3, 0.4) is 0 Å². The molecule has 0 unspecified atom stereocenters. The van der Waals surface area contributed by atoms with E-state index in [1.807, 2.05) is 63.2 Å². The molecule has 148 valence electrons. The second kappa shape index (κ2) is 7.33. The number of benzene rings is 2. The van der Waals surface area contributed by atoms with Gasteiger partial charge in [0.25, 0.3) is 10.0 Å². The van der Waals surface area contributed by atoms with E-state index >= 15 is 0 Å². The minimum atomic E-state index is -3.88. The minimum absolute atomic E-state index is 0.128. The number of hydrogen-bond donors (Lipinski definition) is 0. The van der Waals surface area contributed by atoms with Gasteiger partial charge in [-0.15, -0.1) is 10.2 Å². The Balaban J connectivity index is 1.88. The van der Waals surface area contributed by atoms with Gasteiger partial charge in [-0.1, -0.05) is 35.9 Å². The molecule has 0 aliphatic heterocycles. The highest BCUT2D eigenvalue weighted by Crippen LogP contribution is 2.29. The van der Waals surface area contributed by atoms with Crippen molar-refractivity contribution in [1.29, 1.82) is 0 Å². The molecule has 2 heterocycles. The van der Waals surface area contributed by atoms with Crippen molar-refractivity contribution in [1.82, 2.24) is 14.6 Å². The molecule has 6 nitrogen and oxygen atoms in total. The Kier molecular flexibility index (Phi) is 4.84. The average Bonchev–Trinajstić information content (AvgIpc) is 3.15. The molecule has 0 bridgehead atoms. The number of aryl methyl sites for hydroxylation is 3. The number of pyridine rings is 1. The zero-order valence-corrected chi connectivity index (χ0v) is 17.4. The summed E-state index contributed by atoms with van der Waals surface area (Å²) in [5.41, 5.74) is 4.99. The second-order valence-electron chi connectivity index (χ2n) is 7.28. The van der Waals surface area contributed by atoms with Gasteiger partial charge < -0.3 is 0 Å². The molecule has 0 N–H and O–H groups in total. The monoisotopic (exact) mass is 406 g/mol. The van der Waals surface area contributed by atoms with Crippen LogP contribution in [0, 0.1) is 20.8 Å². The standard InChI is InChI=1S/C22H22N4O2S/c1-16-6-8-19(9-7-16)14-26(20-12-17(2)11-18(3)13-20)29(27,28)21-5-4-10-25-15-23-24-22(21)25/h4-13,15H,14H2,1-3H3. The Morgan fingerprint density at radius 1 is 0.931 bits per heavy atom. The largest absolute Gasteiger partial charge is 0.288 e. The lowest BCUT2D eigenvalue weighted by atomic mass is 10.1. The molecule has 0 fully saturated rings. The number of fused-ring (bicyclic) bond motifs is 1. The highest BCUT2D eigenvalue weighted by Gasteiger charge is 2.28. The van der Waals surface area contributed by atoms with Crippen molar-refractivity contribution >= 4 is 21.4 Å². The van der Waals surface area contributed by atoms with Crippen molar-refractivity contribution in [2.24, 2.45) is 0 Å². The number of sulfonamides is 1. The van der Waals surface area contributed by atoms with Gasteiger partial charge in [0, 0.05) is 6.20 Å². The van der Waals surface area contributed by atoms with Crippen molar-refractivity contribution in [3.8, 4) is 0 Å². The molecular formula is C22H22N4O2S. The summed E-state index contributed by atoms with van der Waals surface area (Å²) < 4.78 is 30.6. The molecule has 7 heteroatoms. The van der Waals surface area contributed by atoms with Crippen molar-refractivity contribution in [2.75, 3.05) is 4.31 Å². The zero-order valence-electron chi connectivity index (χ0n) is 16.6. The summed E-state index contributed by atoms with van der Waals surface area (Å²) in [5.74, 6) is 0. The number of rotatable bonds is 5. The van der Waals surface area contributed by atoms with Gasteiger partial charge in [-0.25, -0.2) is 8.42 Å². The van der Waals surface area contributed by atoms with Crippen LogP contribution >= 0.6 is 0 Å². The van der Waals surface area contributed by atoms with Crippen LogP contribution in [0.2, 0.25) is 0 Å². The predicted octanol–water partition coefficient (Wildman–Crippen LogP) is 4.05. The molecular weight excluding hydrogens is 384 g/mol. The molecule has 2 aromatic heterocycles. The normalized spacial score (nSPS) is 11.7. The first-order valence-corrected chi connectivity index (χ1v) is 10.7. The summed E-state index contributed by atoms with van der Waals surface area (Å²) in [6.07, 6.45) is 3.23. The number of nitrogens with zero attached hydrogens (tertiary/aromatic N) is 4. The third-order valence-corrected chi connectivity index (χ3v) is 6.59. The molecule has 0 atom stereocenters. The van der Waals surface area contributed by atoms with Crippen molar-refractivity contribution in [2.45, 2.75) is 32.2 Å². The smallest absolute Gasteiger partial charge is 0.268 e. The van der Waals surface area contributed by atoms with Gasteiger partial charge in [-0.2, -0.15) is 0 Å². The molecule has 29 heavy (non-hydrogen) atoms. The molecule has 0 saturated carbocycles. The first-order valence-electron chi connectivity index (χ1n) is 9.29. The van der Waals surface area contributed by atoms with Gasteiger partial charge in [0.2, 0.25) is 0 Å². The van der Waals surface area contributed by atoms with E-state index in [0.29, 0.717) is 11.3 Å². The Labute approximate surface area is 170 Å². The second-order valence-corrected chi connectivity index (χ2v) is 9.11. The van der Waals surface area contributed by atoms with E-state index in [1.54, 1.807) is 22.7 Å². The van der Waals surface area contributed by atoms with Crippen LogP contribution < -0.4 is 4.31 Å². The van der Waals surface area contributed by atoms with E-state index in [0.717, 1.165) is 22.3 Å². The van der Waals surface area contributed by atoms with E-state index in [-0.39, 0.29) is 11.4 Å². The minimum Gasteiger partial charge on any atom is -0.288 e. The molecule has 0 spiro atoms. The number of anilines is 1. The maximum absolute atomic E-state index is 13.8. The van der Waals surface area contributed by atoms with Crippen molar-refractivity contribution in [3.63, 3.8) is 0 Å². The molecule has 0 radical (unpaired) electrons. The van der Waals surface area contributed by atoms with Gasteiger partial charge in [0.1, 0.15) is 11.2 Å². The SMILES string of the molecule is Cc1ccc(CN(c2cc(C)cc(C)c2)S(=O)(=O)c2cccn3cnnc23)cc1.